The van der Waals surface area contributed by atoms with Crippen molar-refractivity contribution in [2.75, 3.05) is 19.4 Å². The van der Waals surface area contributed by atoms with E-state index in [0.29, 0.717) is 17.2 Å². The molecule has 5 nitrogen and oxygen atoms in total. The van der Waals surface area contributed by atoms with E-state index in [1.807, 2.05) is 18.2 Å². The molecule has 0 amide bonds. The Morgan fingerprint density at radius 2 is 1.90 bits per heavy atom. The highest BCUT2D eigenvalue weighted by Gasteiger charge is 2.24. The van der Waals surface area contributed by atoms with E-state index in [-0.39, 0.29) is 11.1 Å². The third kappa shape index (κ3) is 4.30. The van der Waals surface area contributed by atoms with Gasteiger partial charge in [-0.1, -0.05) is 17.7 Å². The first-order valence-electron chi connectivity index (χ1n) is 10.3. The van der Waals surface area contributed by atoms with Crippen molar-refractivity contribution in [3.63, 3.8) is 0 Å². The largest absolute Gasteiger partial charge is 0.504 e. The Kier molecular flexibility index (Phi) is 5.99. The number of pyridine rings is 1. The van der Waals surface area contributed by atoms with Crippen molar-refractivity contribution in [2.45, 2.75) is 37.8 Å². The highest BCUT2D eigenvalue weighted by atomic mass is 35.5. The molecule has 1 aliphatic rings. The van der Waals surface area contributed by atoms with E-state index in [9.17, 15) is 14.8 Å². The number of halogens is 2. The topological polar surface area (TPSA) is 72.2 Å². The van der Waals surface area contributed by atoms with Gasteiger partial charge in [0.05, 0.1) is 21.8 Å². The van der Waals surface area contributed by atoms with Gasteiger partial charge in [0.25, 0.3) is 0 Å². The molecule has 31 heavy (non-hydrogen) atoms. The molecule has 0 atom stereocenters. The van der Waals surface area contributed by atoms with E-state index >= 15 is 0 Å². The van der Waals surface area contributed by atoms with Crippen LogP contribution in [0, 0.1) is 17.1 Å². The lowest BCUT2D eigenvalue weighted by molar-refractivity contribution is 0.221. The van der Waals surface area contributed by atoms with Gasteiger partial charge >= 0.3 is 0 Å². The molecule has 0 bridgehead atoms. The lowest BCUT2D eigenvalue weighted by Crippen LogP contribution is -2.36. The first-order valence-corrected chi connectivity index (χ1v) is 10.7. The van der Waals surface area contributed by atoms with Gasteiger partial charge in [0, 0.05) is 23.7 Å². The second kappa shape index (κ2) is 8.70. The molecule has 0 saturated heterocycles. The summed E-state index contributed by atoms with van der Waals surface area (Å²) in [4.78, 5) is 6.69. The van der Waals surface area contributed by atoms with Crippen LogP contribution in [0.25, 0.3) is 22.0 Å². The molecule has 2 N–H and O–H groups in total. The molecule has 3 aromatic rings. The summed E-state index contributed by atoms with van der Waals surface area (Å²) >= 11 is 5.97. The summed E-state index contributed by atoms with van der Waals surface area (Å²) in [6.07, 6.45) is 5.84. The molecule has 4 rings (SSSR count). The van der Waals surface area contributed by atoms with Crippen molar-refractivity contribution in [1.29, 1.82) is 5.26 Å². The zero-order valence-corrected chi connectivity index (χ0v) is 18.2. The number of rotatable bonds is 4. The summed E-state index contributed by atoms with van der Waals surface area (Å²) in [5.41, 5.74) is 3.26. The highest BCUT2D eigenvalue weighted by Crippen LogP contribution is 2.36. The maximum absolute atomic E-state index is 14.0. The van der Waals surface area contributed by atoms with Gasteiger partial charge in [0.2, 0.25) is 0 Å². The van der Waals surface area contributed by atoms with Gasteiger partial charge in [0.15, 0.2) is 11.6 Å². The van der Waals surface area contributed by atoms with Crippen LogP contribution >= 0.6 is 11.6 Å². The fourth-order valence-electron chi connectivity index (χ4n) is 4.29. The van der Waals surface area contributed by atoms with E-state index in [1.165, 1.54) is 12.1 Å². The normalized spacial score (nSPS) is 18.8. The number of fused-ring (bicyclic) bond motifs is 1. The molecule has 0 spiro atoms. The third-order valence-corrected chi connectivity index (χ3v) is 6.40. The molecule has 1 aliphatic carbocycles. The maximum atomic E-state index is 14.0. The molecule has 1 heterocycles. The summed E-state index contributed by atoms with van der Waals surface area (Å²) in [6, 6.07) is 11.4. The standard InChI is InChI=1S/C24H24ClFN4O/c1-30(2)18-6-4-17(5-7-18)29-23-16(12-27)13-28-22-8-3-14(9-19(22)23)15-10-20(25)24(31)21(26)11-15/h3,8-11,13,17-18,31H,4-7H2,1-2H3,(H,28,29). The summed E-state index contributed by atoms with van der Waals surface area (Å²) in [5, 5.41) is 23.7. The highest BCUT2D eigenvalue weighted by molar-refractivity contribution is 6.32. The zero-order valence-electron chi connectivity index (χ0n) is 17.5. The summed E-state index contributed by atoms with van der Waals surface area (Å²) < 4.78 is 14.0. The van der Waals surface area contributed by atoms with E-state index in [2.05, 4.69) is 35.4 Å². The predicted molar refractivity (Wildman–Crippen MR) is 122 cm³/mol. The fourth-order valence-corrected chi connectivity index (χ4v) is 4.49. The number of nitrogens with one attached hydrogen (secondary N) is 1. The van der Waals surface area contributed by atoms with Gasteiger partial charge in [-0.2, -0.15) is 5.26 Å². The Balaban J connectivity index is 1.72. The molecule has 1 aromatic heterocycles. The van der Waals surface area contributed by atoms with Crippen molar-refractivity contribution in [3.8, 4) is 22.9 Å². The number of benzene rings is 2. The smallest absolute Gasteiger partial charge is 0.170 e. The number of aromatic nitrogens is 1. The molecule has 0 aliphatic heterocycles. The molecule has 0 radical (unpaired) electrons. The summed E-state index contributed by atoms with van der Waals surface area (Å²) in [7, 11) is 4.23. The van der Waals surface area contributed by atoms with Gasteiger partial charge in [-0.3, -0.25) is 4.98 Å². The van der Waals surface area contributed by atoms with Crippen LogP contribution in [0.4, 0.5) is 10.1 Å². The van der Waals surface area contributed by atoms with Crippen LogP contribution in [0.2, 0.25) is 5.02 Å². The van der Waals surface area contributed by atoms with Crippen LogP contribution in [-0.2, 0) is 0 Å². The van der Waals surface area contributed by atoms with E-state index in [0.717, 1.165) is 47.8 Å². The van der Waals surface area contributed by atoms with Crippen LogP contribution in [0.3, 0.4) is 0 Å². The van der Waals surface area contributed by atoms with Gasteiger partial charge < -0.3 is 15.3 Å². The van der Waals surface area contributed by atoms with Crippen LogP contribution < -0.4 is 5.32 Å². The average Bonchev–Trinajstić information content (AvgIpc) is 2.77. The first-order chi connectivity index (χ1) is 14.9. The van der Waals surface area contributed by atoms with Crippen LogP contribution in [0.15, 0.2) is 36.5 Å². The van der Waals surface area contributed by atoms with E-state index < -0.39 is 11.6 Å². The number of phenols is 1. The Hall–Kier alpha value is -2.88. The molecule has 1 saturated carbocycles. The Morgan fingerprint density at radius 3 is 2.55 bits per heavy atom. The minimum Gasteiger partial charge on any atom is -0.504 e. The van der Waals surface area contributed by atoms with Crippen molar-refractivity contribution in [3.05, 3.63) is 52.9 Å². The number of aromatic hydroxyl groups is 1. The van der Waals surface area contributed by atoms with Crippen molar-refractivity contribution in [2.24, 2.45) is 0 Å². The molecule has 160 valence electrons. The molecule has 0 unspecified atom stereocenters. The lowest BCUT2D eigenvalue weighted by Gasteiger charge is -2.33. The minimum absolute atomic E-state index is 0.0463. The molecular formula is C24H24ClFN4O. The van der Waals surface area contributed by atoms with Crippen LogP contribution in [-0.4, -0.2) is 41.2 Å². The Morgan fingerprint density at radius 1 is 1.16 bits per heavy atom. The number of nitriles is 1. The summed E-state index contributed by atoms with van der Waals surface area (Å²) in [6.45, 7) is 0. The second-order valence-corrected chi connectivity index (χ2v) is 8.70. The Labute approximate surface area is 186 Å². The number of phenolic OH excluding ortho intramolecular Hbond substituents is 1. The monoisotopic (exact) mass is 438 g/mol. The number of nitrogens with zero attached hydrogens (tertiary/aromatic N) is 3. The van der Waals surface area contributed by atoms with E-state index in [4.69, 9.17) is 11.6 Å². The van der Waals surface area contributed by atoms with Crippen LogP contribution in [0.5, 0.6) is 5.75 Å². The predicted octanol–water partition coefficient (Wildman–Crippen LogP) is 5.56. The molecule has 1 fully saturated rings. The van der Waals surface area contributed by atoms with Gasteiger partial charge in [-0.05, 0) is 75.2 Å². The van der Waals surface area contributed by atoms with Crippen molar-refractivity contribution < 1.29 is 9.50 Å². The van der Waals surface area contributed by atoms with E-state index in [1.54, 1.807) is 6.20 Å². The number of hydrogen-bond acceptors (Lipinski definition) is 5. The molecule has 7 heteroatoms. The SMILES string of the molecule is CN(C)C1CCC(Nc2c(C#N)cnc3ccc(-c4cc(F)c(O)c(Cl)c4)cc23)CC1. The van der Waals surface area contributed by atoms with Crippen LogP contribution in [0.1, 0.15) is 31.2 Å². The van der Waals surface area contributed by atoms with Gasteiger partial charge in [0.1, 0.15) is 6.07 Å². The van der Waals surface area contributed by atoms with Crippen molar-refractivity contribution in [1.82, 2.24) is 9.88 Å². The van der Waals surface area contributed by atoms with Gasteiger partial charge in [-0.25, -0.2) is 4.39 Å². The zero-order chi connectivity index (χ0) is 22.1. The van der Waals surface area contributed by atoms with Crippen molar-refractivity contribution >= 4 is 28.2 Å². The average molecular weight is 439 g/mol. The molecular weight excluding hydrogens is 415 g/mol. The quantitative estimate of drug-likeness (QED) is 0.558. The molecule has 2 aromatic carbocycles. The Bertz CT molecular complexity index is 1140. The third-order valence-electron chi connectivity index (χ3n) is 6.11. The summed E-state index contributed by atoms with van der Waals surface area (Å²) in [5.74, 6) is -1.34. The number of anilines is 1. The second-order valence-electron chi connectivity index (χ2n) is 8.29. The lowest BCUT2D eigenvalue weighted by atomic mass is 9.90. The number of hydrogen-bond donors (Lipinski definition) is 2. The minimum atomic E-state index is -0.775. The first kappa shape index (κ1) is 21.4. The van der Waals surface area contributed by atoms with Gasteiger partial charge in [-0.15, -0.1) is 0 Å². The maximum Gasteiger partial charge on any atom is 0.170 e. The fraction of sp³-hybridized carbons (Fsp3) is 0.333.